The summed E-state index contributed by atoms with van der Waals surface area (Å²) in [5.41, 5.74) is 0.333. The van der Waals surface area contributed by atoms with Crippen LogP contribution >= 0.6 is 0 Å². The van der Waals surface area contributed by atoms with Crippen molar-refractivity contribution < 1.29 is 14.8 Å². The fourth-order valence-electron chi connectivity index (χ4n) is 2.73. The first-order chi connectivity index (χ1) is 15.2. The van der Waals surface area contributed by atoms with Crippen LogP contribution in [0.1, 0.15) is 32.3 Å². The lowest BCUT2D eigenvalue weighted by Gasteiger charge is -2.31. The molecule has 0 heterocycles. The SMILES string of the molecule is CC(C)(CCN(CCC#N)c1ccc(N=Nc2ccc([N+](=O)[O-])cc2C#N)cc1)C(=O)[O-]. The van der Waals surface area contributed by atoms with Gasteiger partial charge >= 0.3 is 0 Å². The van der Waals surface area contributed by atoms with Crippen molar-refractivity contribution in [2.45, 2.75) is 26.7 Å². The van der Waals surface area contributed by atoms with E-state index in [2.05, 4.69) is 16.3 Å². The molecule has 0 amide bonds. The molecule has 0 aliphatic carbocycles. The average Bonchev–Trinajstić information content (AvgIpc) is 2.77. The molecule has 0 aromatic heterocycles. The highest BCUT2D eigenvalue weighted by molar-refractivity contribution is 5.71. The van der Waals surface area contributed by atoms with E-state index in [0.717, 1.165) is 11.8 Å². The minimum atomic E-state index is -1.13. The minimum absolute atomic E-state index is 0.0396. The van der Waals surface area contributed by atoms with Gasteiger partial charge in [-0.15, -0.1) is 5.11 Å². The molecule has 2 aromatic carbocycles. The number of hydrogen-bond acceptors (Lipinski definition) is 9. The van der Waals surface area contributed by atoms with Gasteiger partial charge in [0.15, 0.2) is 0 Å². The van der Waals surface area contributed by atoms with Gasteiger partial charge in [-0.1, -0.05) is 13.8 Å². The Morgan fingerprint density at radius 3 is 2.38 bits per heavy atom. The normalized spacial score (nSPS) is 11.0. The summed E-state index contributed by atoms with van der Waals surface area (Å²) in [6.45, 7) is 4.07. The van der Waals surface area contributed by atoms with Crippen molar-refractivity contribution >= 4 is 28.7 Å². The molecule has 2 rings (SSSR count). The van der Waals surface area contributed by atoms with E-state index in [-0.39, 0.29) is 23.4 Å². The van der Waals surface area contributed by atoms with Crippen molar-refractivity contribution in [1.82, 2.24) is 0 Å². The summed E-state index contributed by atoms with van der Waals surface area (Å²) >= 11 is 0. The number of non-ortho nitro benzene ring substituents is 1. The summed E-state index contributed by atoms with van der Waals surface area (Å²) in [6.07, 6.45) is 0.629. The number of nitrogens with zero attached hydrogens (tertiary/aromatic N) is 6. The van der Waals surface area contributed by atoms with Gasteiger partial charge in [0.2, 0.25) is 0 Å². The summed E-state index contributed by atoms with van der Waals surface area (Å²) < 4.78 is 0. The van der Waals surface area contributed by atoms with Crippen LogP contribution in [0, 0.1) is 38.2 Å². The molecule has 0 radical (unpaired) electrons. The van der Waals surface area contributed by atoms with E-state index in [0.29, 0.717) is 25.2 Å². The second kappa shape index (κ2) is 10.6. The maximum atomic E-state index is 11.3. The van der Waals surface area contributed by atoms with Crippen LogP contribution in [0.5, 0.6) is 0 Å². The van der Waals surface area contributed by atoms with Crippen molar-refractivity contribution in [3.63, 3.8) is 0 Å². The predicted octanol–water partition coefficient (Wildman–Crippen LogP) is 3.77. The van der Waals surface area contributed by atoms with E-state index in [9.17, 15) is 25.3 Å². The second-order valence-electron chi connectivity index (χ2n) is 7.60. The van der Waals surface area contributed by atoms with Crippen molar-refractivity contribution in [3.05, 3.63) is 58.1 Å². The largest absolute Gasteiger partial charge is 0.550 e. The van der Waals surface area contributed by atoms with Crippen molar-refractivity contribution in [3.8, 4) is 12.1 Å². The number of anilines is 1. The van der Waals surface area contributed by atoms with Crippen molar-refractivity contribution in [2.75, 3.05) is 18.0 Å². The van der Waals surface area contributed by atoms with Crippen LogP contribution in [0.3, 0.4) is 0 Å². The molecule has 10 heteroatoms. The number of aliphatic carboxylic acids is 1. The zero-order valence-electron chi connectivity index (χ0n) is 17.7. The topological polar surface area (TPSA) is 159 Å². The van der Waals surface area contributed by atoms with Crippen LogP contribution in [0.15, 0.2) is 52.7 Å². The molecule has 0 aliphatic rings. The third-order valence-electron chi connectivity index (χ3n) is 4.85. The van der Waals surface area contributed by atoms with E-state index < -0.39 is 16.3 Å². The van der Waals surface area contributed by atoms with E-state index >= 15 is 0 Å². The predicted molar refractivity (Wildman–Crippen MR) is 114 cm³/mol. The summed E-state index contributed by atoms with van der Waals surface area (Å²) in [7, 11) is 0. The summed E-state index contributed by atoms with van der Waals surface area (Å²) in [5.74, 6) is -1.13. The van der Waals surface area contributed by atoms with E-state index in [1.54, 1.807) is 38.1 Å². The number of benzene rings is 2. The lowest BCUT2D eigenvalue weighted by Crippen LogP contribution is -2.40. The average molecular weight is 433 g/mol. The summed E-state index contributed by atoms with van der Waals surface area (Å²) in [5, 5.41) is 48.3. The van der Waals surface area contributed by atoms with E-state index in [1.165, 1.54) is 12.1 Å². The standard InChI is InChI=1S/C22H22N6O4/c1-22(2,21(29)30)10-13-27(12-3-11-23)18-6-4-17(5-7-18)25-26-20-9-8-19(28(31)32)14-16(20)15-24/h4-9,14H,3,10,12-13H2,1-2H3,(H,29,30)/p-1. The number of carboxylic acids is 1. The molecule has 2 aromatic rings. The molecule has 10 nitrogen and oxygen atoms in total. The fourth-order valence-corrected chi connectivity index (χ4v) is 2.73. The highest BCUT2D eigenvalue weighted by atomic mass is 16.6. The third-order valence-corrected chi connectivity index (χ3v) is 4.85. The lowest BCUT2D eigenvalue weighted by atomic mass is 9.89. The maximum Gasteiger partial charge on any atom is 0.270 e. The number of carbonyl (C=O) groups is 1. The second-order valence-corrected chi connectivity index (χ2v) is 7.60. The van der Waals surface area contributed by atoms with Gasteiger partial charge in [0, 0.05) is 42.3 Å². The van der Waals surface area contributed by atoms with Crippen LogP contribution in [0.25, 0.3) is 0 Å². The monoisotopic (exact) mass is 433 g/mol. The highest BCUT2D eigenvalue weighted by Gasteiger charge is 2.21. The van der Waals surface area contributed by atoms with Gasteiger partial charge < -0.3 is 14.8 Å². The molecule has 0 saturated heterocycles. The zero-order valence-corrected chi connectivity index (χ0v) is 17.7. The lowest BCUT2D eigenvalue weighted by molar-refractivity contribution is -0.384. The van der Waals surface area contributed by atoms with Gasteiger partial charge in [0.05, 0.1) is 28.7 Å². The van der Waals surface area contributed by atoms with Gasteiger partial charge in [0.1, 0.15) is 11.8 Å². The number of rotatable bonds is 10. The van der Waals surface area contributed by atoms with Crippen molar-refractivity contribution in [2.24, 2.45) is 15.6 Å². The quantitative estimate of drug-likeness (QED) is 0.313. The summed E-state index contributed by atoms with van der Waals surface area (Å²) in [4.78, 5) is 23.4. The Balaban J connectivity index is 2.18. The van der Waals surface area contributed by atoms with E-state index in [1.807, 2.05) is 11.0 Å². The first kappa shape index (κ1) is 24.0. The Labute approximate surface area is 185 Å². The first-order valence-electron chi connectivity index (χ1n) is 9.71. The molecule has 0 spiro atoms. The van der Waals surface area contributed by atoms with Crippen LogP contribution < -0.4 is 10.0 Å². The number of nitro benzene ring substituents is 1. The third kappa shape index (κ3) is 6.34. The summed E-state index contributed by atoms with van der Waals surface area (Å²) in [6, 6.07) is 14.6. The molecular weight excluding hydrogens is 412 g/mol. The number of carboxylic acid groups (broad SMARTS) is 1. The van der Waals surface area contributed by atoms with Gasteiger partial charge in [-0.2, -0.15) is 15.6 Å². The molecule has 0 saturated carbocycles. The number of carbonyl (C=O) groups excluding carboxylic acids is 1. The van der Waals surface area contributed by atoms with Crippen LogP contribution in [-0.2, 0) is 4.79 Å². The number of hydrogen-bond donors (Lipinski definition) is 0. The molecule has 0 fully saturated rings. The van der Waals surface area contributed by atoms with Gasteiger partial charge in [-0.3, -0.25) is 10.1 Å². The van der Waals surface area contributed by atoms with Gasteiger partial charge in [-0.25, -0.2) is 0 Å². The molecule has 0 aliphatic heterocycles. The maximum absolute atomic E-state index is 11.3. The number of nitriles is 2. The van der Waals surface area contributed by atoms with Gasteiger partial charge in [0.25, 0.3) is 5.69 Å². The highest BCUT2D eigenvalue weighted by Crippen LogP contribution is 2.28. The Morgan fingerprint density at radius 1 is 1.12 bits per heavy atom. The van der Waals surface area contributed by atoms with Crippen molar-refractivity contribution in [1.29, 1.82) is 10.5 Å². The zero-order chi connectivity index (χ0) is 23.7. The number of azo groups is 1. The minimum Gasteiger partial charge on any atom is -0.550 e. The van der Waals surface area contributed by atoms with Crippen LogP contribution in [0.4, 0.5) is 22.7 Å². The molecule has 0 unspecified atom stereocenters. The Bertz CT molecular complexity index is 1100. The molecule has 32 heavy (non-hydrogen) atoms. The first-order valence-corrected chi connectivity index (χ1v) is 9.71. The molecular formula is C22H21N6O4-. The Morgan fingerprint density at radius 2 is 1.81 bits per heavy atom. The smallest absolute Gasteiger partial charge is 0.270 e. The fraction of sp³-hybridized carbons (Fsp3) is 0.318. The van der Waals surface area contributed by atoms with Crippen LogP contribution in [0.2, 0.25) is 0 Å². The van der Waals surface area contributed by atoms with E-state index in [4.69, 9.17) is 5.26 Å². The Kier molecular flexibility index (Phi) is 7.97. The Hall–Kier alpha value is -4.31. The van der Waals surface area contributed by atoms with Crippen LogP contribution in [-0.4, -0.2) is 24.0 Å². The molecule has 164 valence electrons. The molecule has 0 atom stereocenters. The molecule has 0 N–H and O–H groups in total. The van der Waals surface area contributed by atoms with Gasteiger partial charge in [-0.05, 0) is 36.8 Å². The number of nitro groups is 1. The molecule has 0 bridgehead atoms.